The van der Waals surface area contributed by atoms with E-state index in [0.717, 1.165) is 0 Å². The predicted octanol–water partition coefficient (Wildman–Crippen LogP) is 0.0256. The number of hydrogen-bond acceptors (Lipinski definition) is 3. The zero-order valence-electron chi connectivity index (χ0n) is 6.94. The molecule has 1 aromatic carbocycles. The maximum absolute atomic E-state index is 10.6. The molecule has 0 spiro atoms. The Bertz CT molecular complexity index is 351. The molecule has 5 heteroatoms. The summed E-state index contributed by atoms with van der Waals surface area (Å²) >= 11 is -1.23. The second-order valence-corrected chi connectivity index (χ2v) is 3.87. The average Bonchev–Trinajstić information content (AvgIpc) is 2.03. The van der Waals surface area contributed by atoms with Crippen LogP contribution in [0.15, 0.2) is 18.2 Å². The van der Waals surface area contributed by atoms with E-state index >= 15 is 0 Å². The molecule has 0 fully saturated rings. The quantitative estimate of drug-likeness (QED) is 0.717. The molecule has 0 bridgehead atoms. The van der Waals surface area contributed by atoms with Crippen molar-refractivity contribution in [3.05, 3.63) is 18.2 Å². The Morgan fingerprint density at radius 2 is 2.23 bits per heavy atom. The van der Waals surface area contributed by atoms with Gasteiger partial charge in [-0.15, -0.1) is 0 Å². The number of benzene rings is 1. The third kappa shape index (κ3) is 2.67. The van der Waals surface area contributed by atoms with Crippen LogP contribution in [-0.4, -0.2) is 26.7 Å². The van der Waals surface area contributed by atoms with E-state index in [4.69, 9.17) is 0 Å². The number of phenols is 1. The number of anilines is 1. The molecular weight excluding hydrogens is 233 g/mol. The van der Waals surface area contributed by atoms with E-state index in [2.05, 4.69) is 5.32 Å². The molecule has 4 nitrogen and oxygen atoms in total. The molecule has 1 rings (SSSR count). The van der Waals surface area contributed by atoms with Crippen molar-refractivity contribution < 1.29 is 13.6 Å². The molecule has 1 aromatic rings. The molecular formula is C8H8AsNO3. The monoisotopic (exact) mass is 241 g/mol. The Labute approximate surface area is 81.9 Å². The van der Waals surface area contributed by atoms with Gasteiger partial charge in [0.1, 0.15) is 0 Å². The number of rotatable bonds is 2. The van der Waals surface area contributed by atoms with E-state index in [1.165, 1.54) is 19.1 Å². The Morgan fingerprint density at radius 1 is 1.54 bits per heavy atom. The van der Waals surface area contributed by atoms with Crippen LogP contribution in [-0.2, 0) is 8.53 Å². The van der Waals surface area contributed by atoms with Gasteiger partial charge in [-0.2, -0.15) is 0 Å². The first-order valence-electron chi connectivity index (χ1n) is 3.57. The molecule has 0 saturated carbocycles. The summed E-state index contributed by atoms with van der Waals surface area (Å²) in [4.78, 5) is 10.6. The minimum absolute atomic E-state index is 0.0405. The summed E-state index contributed by atoms with van der Waals surface area (Å²) in [6.45, 7) is 1.38. The van der Waals surface area contributed by atoms with Crippen molar-refractivity contribution in [2.24, 2.45) is 0 Å². The van der Waals surface area contributed by atoms with Crippen LogP contribution in [0.5, 0.6) is 5.75 Å². The predicted molar refractivity (Wildman–Crippen MR) is 48.5 cm³/mol. The van der Waals surface area contributed by atoms with Gasteiger partial charge in [-0.25, -0.2) is 0 Å². The Balaban J connectivity index is 2.95. The first-order chi connectivity index (χ1) is 6.13. The Morgan fingerprint density at radius 3 is 2.69 bits per heavy atom. The summed E-state index contributed by atoms with van der Waals surface area (Å²) in [7, 11) is 0. The summed E-state index contributed by atoms with van der Waals surface area (Å²) in [5.74, 6) is -0.246. The number of amides is 1. The van der Waals surface area contributed by atoms with Gasteiger partial charge in [0, 0.05) is 0 Å². The number of carbonyl (C=O) groups is 1. The number of aromatic hydroxyl groups is 1. The van der Waals surface area contributed by atoms with Crippen molar-refractivity contribution in [3.63, 3.8) is 0 Å². The zero-order valence-corrected chi connectivity index (χ0v) is 8.82. The molecule has 0 saturated heterocycles. The fraction of sp³-hybridized carbons (Fsp3) is 0.125. The van der Waals surface area contributed by atoms with Crippen LogP contribution < -0.4 is 9.67 Å². The number of carbonyl (C=O) groups excluding carboxylic acids is 1. The van der Waals surface area contributed by atoms with Crippen molar-refractivity contribution in [3.8, 4) is 5.75 Å². The Hall–Kier alpha value is -1.15. The maximum atomic E-state index is 10.6. The Kier molecular flexibility index (Phi) is 3.20. The van der Waals surface area contributed by atoms with Gasteiger partial charge < -0.3 is 0 Å². The number of nitrogens with one attached hydrogen (secondary N) is 1. The molecule has 0 radical (unpaired) electrons. The SMILES string of the molecule is CC(=O)Nc1ccc([As]=O)c(O)c1. The van der Waals surface area contributed by atoms with Gasteiger partial charge in [0.2, 0.25) is 0 Å². The van der Waals surface area contributed by atoms with Gasteiger partial charge in [-0.05, 0) is 0 Å². The second-order valence-electron chi connectivity index (χ2n) is 2.48. The zero-order chi connectivity index (χ0) is 9.84. The molecule has 0 aromatic heterocycles. The third-order valence-electron chi connectivity index (χ3n) is 1.39. The van der Waals surface area contributed by atoms with E-state index < -0.39 is 15.7 Å². The molecule has 1 amide bonds. The molecule has 0 unspecified atom stereocenters. The van der Waals surface area contributed by atoms with Crippen molar-refractivity contribution in [2.45, 2.75) is 6.92 Å². The molecule has 2 N–H and O–H groups in total. The minimum atomic E-state index is -1.23. The van der Waals surface area contributed by atoms with Gasteiger partial charge in [0.15, 0.2) is 0 Å². The summed E-state index contributed by atoms with van der Waals surface area (Å²) in [5, 5.41) is 11.8. The van der Waals surface area contributed by atoms with Crippen LogP contribution in [0.4, 0.5) is 5.69 Å². The summed E-state index contributed by atoms with van der Waals surface area (Å²) < 4.78 is 11.0. The van der Waals surface area contributed by atoms with Crippen molar-refractivity contribution in [2.75, 3.05) is 5.32 Å². The number of hydrogen-bond donors (Lipinski definition) is 2. The van der Waals surface area contributed by atoms with Crippen LogP contribution in [0.1, 0.15) is 6.92 Å². The molecule has 0 heterocycles. The normalized spacial score (nSPS) is 9.92. The molecule has 0 aliphatic carbocycles. The first-order valence-corrected chi connectivity index (χ1v) is 5.28. The van der Waals surface area contributed by atoms with Crippen LogP contribution in [0, 0.1) is 0 Å². The third-order valence-corrected chi connectivity index (χ3v) is 2.60. The van der Waals surface area contributed by atoms with Crippen molar-refractivity contribution >= 4 is 31.6 Å². The fourth-order valence-electron chi connectivity index (χ4n) is 0.882. The second kappa shape index (κ2) is 4.19. The number of phenolic OH excluding ortho intramolecular Hbond substituents is 1. The topological polar surface area (TPSA) is 66.4 Å². The van der Waals surface area contributed by atoms with E-state index in [1.54, 1.807) is 6.07 Å². The average molecular weight is 241 g/mol. The van der Waals surface area contributed by atoms with Gasteiger partial charge >= 0.3 is 81.5 Å². The fourth-order valence-corrected chi connectivity index (χ4v) is 1.50. The molecule has 0 atom stereocenters. The van der Waals surface area contributed by atoms with Gasteiger partial charge in [0.05, 0.1) is 0 Å². The summed E-state index contributed by atoms with van der Waals surface area (Å²) in [6.07, 6.45) is 0. The molecule has 13 heavy (non-hydrogen) atoms. The molecule has 0 aliphatic rings. The van der Waals surface area contributed by atoms with Gasteiger partial charge in [-0.3, -0.25) is 0 Å². The van der Waals surface area contributed by atoms with Crippen LogP contribution >= 0.6 is 0 Å². The van der Waals surface area contributed by atoms with Crippen LogP contribution in [0.3, 0.4) is 0 Å². The standard InChI is InChI=1S/C8H8AsNO3/c1-5(11)10-6-2-3-7(9-13)8(12)4-6/h2-4,12H,1H3,(H,10,11). The van der Waals surface area contributed by atoms with Crippen LogP contribution in [0.25, 0.3) is 0 Å². The molecule has 68 valence electrons. The first kappa shape index (κ1) is 9.93. The van der Waals surface area contributed by atoms with Gasteiger partial charge in [-0.1, -0.05) is 0 Å². The van der Waals surface area contributed by atoms with E-state index in [1.807, 2.05) is 0 Å². The van der Waals surface area contributed by atoms with Gasteiger partial charge in [0.25, 0.3) is 0 Å². The van der Waals surface area contributed by atoms with E-state index in [0.29, 0.717) is 10.0 Å². The molecule has 0 aliphatic heterocycles. The van der Waals surface area contributed by atoms with Crippen molar-refractivity contribution in [1.82, 2.24) is 0 Å². The summed E-state index contributed by atoms with van der Waals surface area (Å²) in [5.41, 5.74) is 0.503. The van der Waals surface area contributed by atoms with Crippen molar-refractivity contribution in [1.29, 1.82) is 0 Å². The van der Waals surface area contributed by atoms with E-state index in [9.17, 15) is 13.6 Å². The van der Waals surface area contributed by atoms with Crippen LogP contribution in [0.2, 0.25) is 0 Å². The van der Waals surface area contributed by atoms with E-state index in [-0.39, 0.29) is 11.7 Å². The summed E-state index contributed by atoms with van der Waals surface area (Å²) in [6, 6.07) is 4.52.